The number of pyridine rings is 1. The average Bonchev–Trinajstić information content (AvgIpc) is 3.33. The highest BCUT2D eigenvalue weighted by molar-refractivity contribution is 6.32. The van der Waals surface area contributed by atoms with Gasteiger partial charge in [0.1, 0.15) is 37.2 Å². The van der Waals surface area contributed by atoms with E-state index in [0.29, 0.717) is 35.8 Å². The van der Waals surface area contributed by atoms with Crippen LogP contribution in [-0.4, -0.2) is 44.8 Å². The van der Waals surface area contributed by atoms with Crippen LogP contribution in [0.3, 0.4) is 0 Å². The molecule has 0 fully saturated rings. The van der Waals surface area contributed by atoms with Gasteiger partial charge >= 0.3 is 0 Å². The van der Waals surface area contributed by atoms with Crippen LogP contribution >= 0.6 is 11.6 Å². The molecule has 3 N–H and O–H groups in total. The van der Waals surface area contributed by atoms with Gasteiger partial charge in [-0.1, -0.05) is 17.7 Å². The zero-order valence-electron chi connectivity index (χ0n) is 18.9. The second-order valence-corrected chi connectivity index (χ2v) is 8.42. The third-order valence-corrected chi connectivity index (χ3v) is 5.71. The van der Waals surface area contributed by atoms with Crippen LogP contribution in [0.15, 0.2) is 72.1 Å². The second kappa shape index (κ2) is 10.1. The summed E-state index contributed by atoms with van der Waals surface area (Å²) in [6, 6.07) is 16.9. The number of nitrogens with zero attached hydrogens (tertiary/aromatic N) is 4. The molecule has 35 heavy (non-hydrogen) atoms. The van der Waals surface area contributed by atoms with Crippen LogP contribution in [0.5, 0.6) is 5.75 Å². The molecule has 0 bridgehead atoms. The number of hydrogen-bond acceptors (Lipinski definition) is 9. The van der Waals surface area contributed by atoms with Crippen molar-refractivity contribution >= 4 is 45.7 Å². The first-order valence-electron chi connectivity index (χ1n) is 11.0. The molecule has 10 heteroatoms. The van der Waals surface area contributed by atoms with Crippen LogP contribution in [0.4, 0.5) is 17.2 Å². The molecule has 4 aromatic rings. The first-order chi connectivity index (χ1) is 17.0. The summed E-state index contributed by atoms with van der Waals surface area (Å²) in [6.07, 6.45) is 2.65. The smallest absolute Gasteiger partial charge is 0.289 e. The van der Waals surface area contributed by atoms with Gasteiger partial charge in [0, 0.05) is 23.0 Å². The molecule has 1 aliphatic heterocycles. The Balaban J connectivity index is 1.33. The molecule has 1 aliphatic rings. The van der Waals surface area contributed by atoms with E-state index >= 15 is 0 Å². The minimum atomic E-state index is -0.575. The summed E-state index contributed by atoms with van der Waals surface area (Å²) in [5.41, 5.74) is 3.10. The third kappa shape index (κ3) is 5.42. The van der Waals surface area contributed by atoms with Crippen molar-refractivity contribution in [2.75, 3.05) is 17.2 Å². The maximum absolute atomic E-state index is 9.71. The molecular formula is C25H23ClN6O3. The molecule has 0 radical (unpaired) electrons. The van der Waals surface area contributed by atoms with E-state index in [0.717, 1.165) is 28.0 Å². The molecule has 9 nitrogen and oxygen atoms in total. The lowest BCUT2D eigenvalue weighted by molar-refractivity contribution is 0.145. The molecule has 2 aromatic heterocycles. The molecule has 5 rings (SSSR count). The molecule has 0 aliphatic carbocycles. The topological polar surface area (TPSA) is 114 Å². The largest absolute Gasteiger partial charge is 0.486 e. The minimum Gasteiger partial charge on any atom is -0.486 e. The van der Waals surface area contributed by atoms with Crippen molar-refractivity contribution in [1.82, 2.24) is 15.0 Å². The van der Waals surface area contributed by atoms with E-state index in [-0.39, 0.29) is 6.04 Å². The predicted molar refractivity (Wildman–Crippen MR) is 135 cm³/mol. The van der Waals surface area contributed by atoms with E-state index < -0.39 is 6.10 Å². The fraction of sp³-hybridized carbons (Fsp3) is 0.200. The Morgan fingerprint density at radius 1 is 1.09 bits per heavy atom. The quantitative estimate of drug-likeness (QED) is 0.346. The lowest BCUT2D eigenvalue weighted by Gasteiger charge is -2.12. The Kier molecular flexibility index (Phi) is 6.60. The number of aliphatic imine (C=N–C) groups is 1. The Labute approximate surface area is 206 Å². The van der Waals surface area contributed by atoms with Crippen molar-refractivity contribution in [3.8, 4) is 5.75 Å². The third-order valence-electron chi connectivity index (χ3n) is 5.41. The number of fused-ring (bicyclic) bond motifs is 1. The van der Waals surface area contributed by atoms with Crippen molar-refractivity contribution in [3.63, 3.8) is 0 Å². The molecule has 2 aromatic carbocycles. The summed E-state index contributed by atoms with van der Waals surface area (Å²) < 4.78 is 11.3. The van der Waals surface area contributed by atoms with Gasteiger partial charge in [0.05, 0.1) is 22.3 Å². The molecule has 178 valence electrons. The summed E-state index contributed by atoms with van der Waals surface area (Å²) in [5.74, 6) is 1.18. The summed E-state index contributed by atoms with van der Waals surface area (Å²) in [5, 5.41) is 17.4. The van der Waals surface area contributed by atoms with E-state index in [2.05, 4.69) is 30.6 Å². The normalized spacial score (nSPS) is 15.9. The molecule has 0 saturated heterocycles. The van der Waals surface area contributed by atoms with Gasteiger partial charge in [0.2, 0.25) is 0 Å². The Hall–Kier alpha value is -3.95. The standard InChI is InChI=1S/C25H23ClN6O3/c1-15(33)22-13-35-25(32-22)31-16-5-7-21-19(10-16)24(29-14-28-21)30-17-6-8-23(20(26)11-17)34-12-18-4-2-3-9-27-18/h2-11,14-15,22,33H,12-13H2,1H3,(H,31,32)(H,28,29,30)/t15-,22?/m1/s1. The minimum absolute atomic E-state index is 0.279. The predicted octanol–water partition coefficient (Wildman–Crippen LogP) is 4.55. The SMILES string of the molecule is C[C@@H](O)C1COC(Nc2ccc3ncnc(Nc4ccc(OCc5ccccn5)c(Cl)c4)c3c2)=N1. The van der Waals surface area contributed by atoms with Crippen molar-refractivity contribution in [3.05, 3.63) is 77.8 Å². The van der Waals surface area contributed by atoms with Crippen LogP contribution in [0.25, 0.3) is 10.9 Å². The van der Waals surface area contributed by atoms with E-state index in [1.807, 2.05) is 42.5 Å². The fourth-order valence-electron chi connectivity index (χ4n) is 3.53. The number of aliphatic hydroxyl groups excluding tert-OH is 1. The Morgan fingerprint density at radius 3 is 2.71 bits per heavy atom. The maximum Gasteiger partial charge on any atom is 0.289 e. The number of anilines is 3. The fourth-order valence-corrected chi connectivity index (χ4v) is 3.77. The summed E-state index contributed by atoms with van der Waals surface area (Å²) in [6.45, 7) is 2.36. The van der Waals surface area contributed by atoms with Crippen molar-refractivity contribution in [2.45, 2.75) is 25.7 Å². The molecule has 0 amide bonds. The number of aromatic nitrogens is 3. The number of amidine groups is 1. The van der Waals surface area contributed by atoms with Crippen molar-refractivity contribution < 1.29 is 14.6 Å². The Morgan fingerprint density at radius 2 is 1.94 bits per heavy atom. The van der Waals surface area contributed by atoms with Gasteiger partial charge in [0.15, 0.2) is 0 Å². The van der Waals surface area contributed by atoms with E-state index in [1.54, 1.807) is 25.3 Å². The number of hydrogen-bond donors (Lipinski definition) is 3. The van der Waals surface area contributed by atoms with Crippen LogP contribution in [0.1, 0.15) is 12.6 Å². The monoisotopic (exact) mass is 490 g/mol. The highest BCUT2D eigenvalue weighted by atomic mass is 35.5. The first kappa shape index (κ1) is 22.8. The maximum atomic E-state index is 9.71. The van der Waals surface area contributed by atoms with Crippen LogP contribution < -0.4 is 15.4 Å². The summed E-state index contributed by atoms with van der Waals surface area (Å²) >= 11 is 6.46. The van der Waals surface area contributed by atoms with Gasteiger partial charge < -0.3 is 25.2 Å². The zero-order valence-corrected chi connectivity index (χ0v) is 19.6. The van der Waals surface area contributed by atoms with Crippen molar-refractivity contribution in [1.29, 1.82) is 0 Å². The zero-order chi connectivity index (χ0) is 24.2. The van der Waals surface area contributed by atoms with Gasteiger partial charge in [-0.05, 0) is 55.5 Å². The molecule has 3 heterocycles. The number of aliphatic hydroxyl groups is 1. The first-order valence-corrected chi connectivity index (χ1v) is 11.4. The van der Waals surface area contributed by atoms with Gasteiger partial charge in [-0.2, -0.15) is 0 Å². The lowest BCUT2D eigenvalue weighted by atomic mass is 10.2. The summed E-state index contributed by atoms with van der Waals surface area (Å²) in [4.78, 5) is 17.4. The number of benzene rings is 2. The number of halogens is 1. The molecular weight excluding hydrogens is 468 g/mol. The van der Waals surface area contributed by atoms with Gasteiger partial charge in [-0.3, -0.25) is 4.98 Å². The number of nitrogens with one attached hydrogen (secondary N) is 2. The highest BCUT2D eigenvalue weighted by Crippen LogP contribution is 2.31. The molecule has 0 spiro atoms. The number of ether oxygens (including phenoxy) is 2. The summed E-state index contributed by atoms with van der Waals surface area (Å²) in [7, 11) is 0. The second-order valence-electron chi connectivity index (χ2n) is 8.01. The van der Waals surface area contributed by atoms with Crippen LogP contribution in [-0.2, 0) is 11.3 Å². The van der Waals surface area contributed by atoms with Crippen LogP contribution in [0, 0.1) is 0 Å². The Bertz CT molecular complexity index is 1370. The van der Waals surface area contributed by atoms with Crippen molar-refractivity contribution in [2.24, 2.45) is 4.99 Å². The highest BCUT2D eigenvalue weighted by Gasteiger charge is 2.23. The number of rotatable bonds is 7. The van der Waals surface area contributed by atoms with E-state index in [9.17, 15) is 5.11 Å². The van der Waals surface area contributed by atoms with Gasteiger partial charge in [-0.15, -0.1) is 0 Å². The molecule has 1 unspecified atom stereocenters. The average molecular weight is 491 g/mol. The molecule has 0 saturated carbocycles. The van der Waals surface area contributed by atoms with Gasteiger partial charge in [0.25, 0.3) is 6.02 Å². The van der Waals surface area contributed by atoms with E-state index in [4.69, 9.17) is 21.1 Å². The van der Waals surface area contributed by atoms with E-state index in [1.165, 1.54) is 6.33 Å². The molecule has 2 atom stereocenters. The van der Waals surface area contributed by atoms with Gasteiger partial charge in [-0.25, -0.2) is 15.0 Å². The lowest BCUT2D eigenvalue weighted by Crippen LogP contribution is -2.21. The van der Waals surface area contributed by atoms with Crippen LogP contribution in [0.2, 0.25) is 5.02 Å².